The van der Waals surface area contributed by atoms with Crippen LogP contribution in [-0.2, 0) is 10.0 Å². The highest BCUT2D eigenvalue weighted by atomic mass is 35.5. The zero-order chi connectivity index (χ0) is 19.6. The number of nitrogens with one attached hydrogen (secondary N) is 1. The van der Waals surface area contributed by atoms with E-state index < -0.39 is 10.0 Å². The van der Waals surface area contributed by atoms with Crippen molar-refractivity contribution < 1.29 is 8.42 Å². The van der Waals surface area contributed by atoms with Crippen LogP contribution in [0.1, 0.15) is 12.6 Å². The van der Waals surface area contributed by atoms with Gasteiger partial charge in [-0.15, -0.1) is 0 Å². The maximum absolute atomic E-state index is 12.9. The number of halogens is 2. The first-order valence-electron chi connectivity index (χ1n) is 8.61. The second kappa shape index (κ2) is 8.18. The third-order valence-electron chi connectivity index (χ3n) is 4.25. The summed E-state index contributed by atoms with van der Waals surface area (Å²) in [4.78, 5) is 11.0. The van der Waals surface area contributed by atoms with Crippen LogP contribution < -0.4 is 10.2 Å². The standard InChI is InChI=1S/C17H21Cl2N5O2S/c1-3-20-17-21-12(2)10-16(22-17)23-6-8-24(9-7-23)27(25,26)15-11-13(18)4-5-14(15)19/h4-5,10-11H,3,6-9H2,1-2H3,(H,20,21,22). The summed E-state index contributed by atoms with van der Waals surface area (Å²) in [5.41, 5.74) is 0.858. The van der Waals surface area contributed by atoms with E-state index in [1.807, 2.05) is 19.9 Å². The van der Waals surface area contributed by atoms with E-state index in [4.69, 9.17) is 23.2 Å². The lowest BCUT2D eigenvalue weighted by Crippen LogP contribution is -2.49. The molecule has 10 heteroatoms. The lowest BCUT2D eigenvalue weighted by molar-refractivity contribution is 0.384. The number of aryl methyl sites for hydroxylation is 1. The van der Waals surface area contributed by atoms with E-state index in [2.05, 4.69) is 20.2 Å². The van der Waals surface area contributed by atoms with Crippen LogP contribution >= 0.6 is 23.2 Å². The van der Waals surface area contributed by atoms with Crippen LogP contribution in [0.3, 0.4) is 0 Å². The molecule has 3 rings (SSSR count). The van der Waals surface area contributed by atoms with Crippen LogP contribution in [0.25, 0.3) is 0 Å². The molecule has 0 atom stereocenters. The van der Waals surface area contributed by atoms with Gasteiger partial charge in [-0.2, -0.15) is 9.29 Å². The summed E-state index contributed by atoms with van der Waals surface area (Å²) in [7, 11) is -3.70. The number of anilines is 2. The highest BCUT2D eigenvalue weighted by Gasteiger charge is 2.30. The van der Waals surface area contributed by atoms with Crippen LogP contribution in [0.5, 0.6) is 0 Å². The molecule has 1 aromatic carbocycles. The average Bonchev–Trinajstić information content (AvgIpc) is 2.63. The zero-order valence-corrected chi connectivity index (χ0v) is 17.4. The summed E-state index contributed by atoms with van der Waals surface area (Å²) in [5, 5.41) is 3.62. The van der Waals surface area contributed by atoms with E-state index in [9.17, 15) is 8.42 Å². The summed E-state index contributed by atoms with van der Waals surface area (Å²) in [6.07, 6.45) is 0. The number of piperazine rings is 1. The number of sulfonamides is 1. The van der Waals surface area contributed by atoms with Gasteiger partial charge in [0.05, 0.1) is 5.02 Å². The molecular weight excluding hydrogens is 409 g/mol. The third kappa shape index (κ3) is 4.45. The van der Waals surface area contributed by atoms with Crippen molar-refractivity contribution in [3.05, 3.63) is 40.0 Å². The first-order chi connectivity index (χ1) is 12.8. The van der Waals surface area contributed by atoms with Gasteiger partial charge in [0.25, 0.3) is 0 Å². The van der Waals surface area contributed by atoms with Gasteiger partial charge in [0.1, 0.15) is 10.7 Å². The van der Waals surface area contributed by atoms with Gasteiger partial charge < -0.3 is 10.2 Å². The third-order valence-corrected chi connectivity index (χ3v) is 6.86. The van der Waals surface area contributed by atoms with E-state index in [0.717, 1.165) is 18.1 Å². The number of benzene rings is 1. The molecule has 0 bridgehead atoms. The molecule has 1 aromatic heterocycles. The topological polar surface area (TPSA) is 78.4 Å². The van der Waals surface area contributed by atoms with E-state index in [1.165, 1.54) is 16.4 Å². The van der Waals surface area contributed by atoms with Gasteiger partial charge >= 0.3 is 0 Å². The normalized spacial score (nSPS) is 15.8. The predicted molar refractivity (Wildman–Crippen MR) is 108 cm³/mol. The Kier molecular flexibility index (Phi) is 6.10. The van der Waals surface area contributed by atoms with Gasteiger partial charge in [-0.05, 0) is 32.0 Å². The van der Waals surface area contributed by atoms with Crippen molar-refractivity contribution in [3.8, 4) is 0 Å². The Balaban J connectivity index is 1.76. The van der Waals surface area contributed by atoms with Crippen LogP contribution in [0.2, 0.25) is 10.0 Å². The molecule has 1 aliphatic rings. The Bertz CT molecular complexity index is 931. The van der Waals surface area contributed by atoms with Gasteiger partial charge in [0.15, 0.2) is 0 Å². The van der Waals surface area contributed by atoms with Gasteiger partial charge in [-0.1, -0.05) is 23.2 Å². The molecule has 2 aromatic rings. The van der Waals surface area contributed by atoms with Crippen LogP contribution in [0.4, 0.5) is 11.8 Å². The second-order valence-electron chi connectivity index (χ2n) is 6.19. The Morgan fingerprint density at radius 1 is 1.11 bits per heavy atom. The molecule has 0 aliphatic carbocycles. The molecular formula is C17H21Cl2N5O2S. The first-order valence-corrected chi connectivity index (χ1v) is 10.8. The maximum Gasteiger partial charge on any atom is 0.244 e. The second-order valence-corrected chi connectivity index (χ2v) is 8.94. The molecule has 1 saturated heterocycles. The van der Waals surface area contributed by atoms with Crippen molar-refractivity contribution in [3.63, 3.8) is 0 Å². The molecule has 7 nitrogen and oxygen atoms in total. The van der Waals surface area contributed by atoms with E-state index in [1.54, 1.807) is 6.07 Å². The lowest BCUT2D eigenvalue weighted by Gasteiger charge is -2.35. The van der Waals surface area contributed by atoms with Crippen LogP contribution in [0.15, 0.2) is 29.2 Å². The number of rotatable bonds is 5. The van der Waals surface area contributed by atoms with Gasteiger partial charge in [-0.3, -0.25) is 0 Å². The molecule has 2 heterocycles. The minimum absolute atomic E-state index is 0.0393. The summed E-state index contributed by atoms with van der Waals surface area (Å²) in [6.45, 7) is 6.35. The Hall–Kier alpha value is -1.61. The first kappa shape index (κ1) is 20.1. The monoisotopic (exact) mass is 429 g/mol. The minimum Gasteiger partial charge on any atom is -0.354 e. The number of aromatic nitrogens is 2. The summed E-state index contributed by atoms with van der Waals surface area (Å²) >= 11 is 12.0. The smallest absolute Gasteiger partial charge is 0.244 e. The number of hydrogen-bond acceptors (Lipinski definition) is 6. The largest absolute Gasteiger partial charge is 0.354 e. The van der Waals surface area contributed by atoms with Crippen LogP contribution in [0, 0.1) is 6.92 Å². The average molecular weight is 430 g/mol. The summed E-state index contributed by atoms with van der Waals surface area (Å²) in [6, 6.07) is 6.36. The lowest BCUT2D eigenvalue weighted by atomic mass is 10.3. The van der Waals surface area contributed by atoms with Crippen molar-refractivity contribution in [2.24, 2.45) is 0 Å². The predicted octanol–water partition coefficient (Wildman–Crippen LogP) is 3.03. The van der Waals surface area contributed by atoms with Gasteiger partial charge in [-0.25, -0.2) is 13.4 Å². The van der Waals surface area contributed by atoms with Crippen molar-refractivity contribution in [2.75, 3.05) is 42.9 Å². The maximum atomic E-state index is 12.9. The Morgan fingerprint density at radius 2 is 1.81 bits per heavy atom. The molecule has 1 N–H and O–H groups in total. The van der Waals surface area contributed by atoms with Crippen molar-refractivity contribution in [1.29, 1.82) is 0 Å². The van der Waals surface area contributed by atoms with Crippen molar-refractivity contribution >= 4 is 45.0 Å². The van der Waals surface area contributed by atoms with E-state index >= 15 is 0 Å². The molecule has 0 unspecified atom stereocenters. The molecule has 0 radical (unpaired) electrons. The summed E-state index contributed by atoms with van der Waals surface area (Å²) < 4.78 is 27.3. The Morgan fingerprint density at radius 3 is 2.48 bits per heavy atom. The van der Waals surface area contributed by atoms with Crippen LogP contribution in [-0.4, -0.2) is 55.4 Å². The molecule has 146 valence electrons. The minimum atomic E-state index is -3.70. The number of hydrogen-bond donors (Lipinski definition) is 1. The highest BCUT2D eigenvalue weighted by Crippen LogP contribution is 2.28. The quantitative estimate of drug-likeness (QED) is 0.786. The summed E-state index contributed by atoms with van der Waals surface area (Å²) in [5.74, 6) is 1.37. The zero-order valence-electron chi connectivity index (χ0n) is 15.1. The number of nitrogens with zero attached hydrogens (tertiary/aromatic N) is 4. The fourth-order valence-corrected chi connectivity index (χ4v) is 5.08. The molecule has 27 heavy (non-hydrogen) atoms. The van der Waals surface area contributed by atoms with Gasteiger partial charge in [0, 0.05) is 49.5 Å². The van der Waals surface area contributed by atoms with E-state index in [0.29, 0.717) is 37.1 Å². The highest BCUT2D eigenvalue weighted by molar-refractivity contribution is 7.89. The fraction of sp³-hybridized carbons (Fsp3) is 0.412. The Labute approximate surface area is 169 Å². The molecule has 0 spiro atoms. The van der Waals surface area contributed by atoms with Gasteiger partial charge in [0.2, 0.25) is 16.0 Å². The molecule has 1 aliphatic heterocycles. The molecule has 1 fully saturated rings. The molecule has 0 saturated carbocycles. The fourth-order valence-electron chi connectivity index (χ4n) is 2.92. The molecule has 0 amide bonds. The van der Waals surface area contributed by atoms with Crippen molar-refractivity contribution in [2.45, 2.75) is 18.7 Å². The van der Waals surface area contributed by atoms with E-state index in [-0.39, 0.29) is 9.92 Å². The SMILES string of the molecule is CCNc1nc(C)cc(N2CCN(S(=O)(=O)c3cc(Cl)ccc3Cl)CC2)n1. The van der Waals surface area contributed by atoms with Crippen molar-refractivity contribution in [1.82, 2.24) is 14.3 Å².